The molecule has 2 aliphatic rings. The number of amides is 1. The maximum atomic E-state index is 12.6. The molecule has 6 heteroatoms. The van der Waals surface area contributed by atoms with Crippen molar-refractivity contribution in [2.75, 3.05) is 27.0 Å². The highest BCUT2D eigenvalue weighted by molar-refractivity contribution is 5.94. The first-order valence-electron chi connectivity index (χ1n) is 8.22. The summed E-state index contributed by atoms with van der Waals surface area (Å²) in [6, 6.07) is 5.58. The Labute approximate surface area is 140 Å². The van der Waals surface area contributed by atoms with Gasteiger partial charge in [-0.25, -0.2) is 0 Å². The molecule has 0 atom stereocenters. The molecule has 24 heavy (non-hydrogen) atoms. The van der Waals surface area contributed by atoms with Crippen LogP contribution in [-0.2, 0) is 0 Å². The first kappa shape index (κ1) is 14.9. The van der Waals surface area contributed by atoms with Gasteiger partial charge >= 0.3 is 0 Å². The monoisotopic (exact) mass is 328 g/mol. The second-order valence-electron chi connectivity index (χ2n) is 6.06. The van der Waals surface area contributed by atoms with Crippen molar-refractivity contribution in [2.45, 2.75) is 19.3 Å². The van der Waals surface area contributed by atoms with Gasteiger partial charge in [-0.3, -0.25) is 4.79 Å². The molecule has 0 radical (unpaired) electrons. The summed E-state index contributed by atoms with van der Waals surface area (Å²) in [5.41, 5.74) is 2.37. The summed E-state index contributed by atoms with van der Waals surface area (Å²) in [7, 11) is 1.62. The molecule has 3 heterocycles. The highest BCUT2D eigenvalue weighted by Crippen LogP contribution is 2.42. The summed E-state index contributed by atoms with van der Waals surface area (Å²) in [5, 5.41) is 0. The summed E-state index contributed by atoms with van der Waals surface area (Å²) in [6.45, 7) is 1.88. The van der Waals surface area contributed by atoms with Gasteiger partial charge in [0.25, 0.3) is 5.91 Å². The zero-order valence-electron chi connectivity index (χ0n) is 13.6. The van der Waals surface area contributed by atoms with Gasteiger partial charge in [0.2, 0.25) is 6.79 Å². The van der Waals surface area contributed by atoms with Crippen LogP contribution in [0, 0.1) is 0 Å². The van der Waals surface area contributed by atoms with Crippen molar-refractivity contribution >= 4 is 5.91 Å². The summed E-state index contributed by atoms with van der Waals surface area (Å²) in [4.78, 5) is 17.6. The molecule has 1 amide bonds. The average Bonchev–Trinajstić information content (AvgIpc) is 3.29. The number of nitrogens with one attached hydrogen (secondary N) is 1. The van der Waals surface area contributed by atoms with Crippen LogP contribution >= 0.6 is 0 Å². The second kappa shape index (κ2) is 6.11. The number of aromatic nitrogens is 1. The third kappa shape index (κ3) is 2.58. The molecular weight excluding hydrogens is 308 g/mol. The number of H-pyrrole nitrogens is 1. The number of hydrogen-bond donors (Lipinski definition) is 1. The van der Waals surface area contributed by atoms with Crippen molar-refractivity contribution in [3.8, 4) is 28.4 Å². The van der Waals surface area contributed by atoms with Crippen molar-refractivity contribution in [2.24, 2.45) is 0 Å². The van der Waals surface area contributed by atoms with Gasteiger partial charge in [0.1, 0.15) is 11.4 Å². The van der Waals surface area contributed by atoms with Crippen LogP contribution in [0.4, 0.5) is 0 Å². The van der Waals surface area contributed by atoms with Crippen molar-refractivity contribution in [1.29, 1.82) is 0 Å². The molecule has 0 aliphatic carbocycles. The van der Waals surface area contributed by atoms with E-state index in [0.29, 0.717) is 22.9 Å². The quantitative estimate of drug-likeness (QED) is 0.940. The summed E-state index contributed by atoms with van der Waals surface area (Å²) < 4.78 is 16.3. The molecule has 2 aliphatic heterocycles. The molecule has 1 aromatic carbocycles. The van der Waals surface area contributed by atoms with Crippen molar-refractivity contribution in [3.63, 3.8) is 0 Å². The molecule has 1 aromatic heterocycles. The SMILES string of the molecule is COc1cc2c(cc1-c1c[nH]c(C(=O)N3CCCCC3)c1)OCO2. The Morgan fingerprint density at radius 3 is 2.62 bits per heavy atom. The standard InChI is InChI=1S/C18H20N2O4/c1-22-15-9-17-16(23-11-24-17)8-13(15)12-7-14(19-10-12)18(21)20-5-3-2-4-6-20/h7-10,19H,2-6,11H2,1H3. The van der Waals surface area contributed by atoms with Crippen LogP contribution in [0.3, 0.4) is 0 Å². The van der Waals surface area contributed by atoms with E-state index in [4.69, 9.17) is 14.2 Å². The molecular formula is C18H20N2O4. The van der Waals surface area contributed by atoms with E-state index >= 15 is 0 Å². The van der Waals surface area contributed by atoms with E-state index in [-0.39, 0.29) is 12.7 Å². The van der Waals surface area contributed by atoms with E-state index in [2.05, 4.69) is 4.98 Å². The van der Waals surface area contributed by atoms with Crippen molar-refractivity contribution in [3.05, 3.63) is 30.1 Å². The Morgan fingerprint density at radius 2 is 1.88 bits per heavy atom. The van der Waals surface area contributed by atoms with Crippen molar-refractivity contribution in [1.82, 2.24) is 9.88 Å². The number of hydrogen-bond acceptors (Lipinski definition) is 4. The number of benzene rings is 1. The van der Waals surface area contributed by atoms with Crippen LogP contribution in [0.1, 0.15) is 29.8 Å². The maximum Gasteiger partial charge on any atom is 0.270 e. The fourth-order valence-corrected chi connectivity index (χ4v) is 3.26. The molecule has 4 rings (SSSR count). The zero-order chi connectivity index (χ0) is 16.5. The molecule has 0 spiro atoms. The van der Waals surface area contributed by atoms with Gasteiger partial charge in [-0.1, -0.05) is 0 Å². The van der Waals surface area contributed by atoms with Crippen LogP contribution < -0.4 is 14.2 Å². The molecule has 1 N–H and O–H groups in total. The number of likely N-dealkylation sites (tertiary alicyclic amines) is 1. The first-order chi connectivity index (χ1) is 11.8. The molecule has 126 valence electrons. The highest BCUT2D eigenvalue weighted by Gasteiger charge is 2.22. The summed E-state index contributed by atoms with van der Waals surface area (Å²) in [5.74, 6) is 2.11. The van der Waals surface area contributed by atoms with E-state index in [1.54, 1.807) is 7.11 Å². The lowest BCUT2D eigenvalue weighted by molar-refractivity contribution is 0.0719. The van der Waals surface area contributed by atoms with Crippen LogP contribution in [0.15, 0.2) is 24.4 Å². The Kier molecular flexibility index (Phi) is 3.80. The molecule has 2 aromatic rings. The summed E-state index contributed by atoms with van der Waals surface area (Å²) in [6.07, 6.45) is 5.19. The lowest BCUT2D eigenvalue weighted by atomic mass is 10.1. The Hall–Kier alpha value is -2.63. The Balaban J connectivity index is 1.64. The van der Waals surface area contributed by atoms with Gasteiger partial charge in [-0.05, 0) is 31.4 Å². The first-order valence-corrected chi connectivity index (χ1v) is 8.22. The predicted molar refractivity (Wildman–Crippen MR) is 88.7 cm³/mol. The normalized spacial score (nSPS) is 16.3. The van der Waals surface area contributed by atoms with Crippen LogP contribution in [0.2, 0.25) is 0 Å². The third-order valence-electron chi connectivity index (χ3n) is 4.56. The minimum atomic E-state index is 0.0562. The smallest absolute Gasteiger partial charge is 0.270 e. The van der Waals surface area contributed by atoms with E-state index in [0.717, 1.165) is 37.1 Å². The van der Waals surface area contributed by atoms with Crippen molar-refractivity contribution < 1.29 is 19.0 Å². The van der Waals surface area contributed by atoms with E-state index < -0.39 is 0 Å². The second-order valence-corrected chi connectivity index (χ2v) is 6.06. The maximum absolute atomic E-state index is 12.6. The Morgan fingerprint density at radius 1 is 1.12 bits per heavy atom. The minimum absolute atomic E-state index is 0.0562. The zero-order valence-corrected chi connectivity index (χ0v) is 13.6. The van der Waals surface area contributed by atoms with Crippen LogP contribution in [-0.4, -0.2) is 42.8 Å². The highest BCUT2D eigenvalue weighted by atomic mass is 16.7. The number of fused-ring (bicyclic) bond motifs is 1. The number of ether oxygens (including phenoxy) is 3. The minimum Gasteiger partial charge on any atom is -0.496 e. The molecule has 0 unspecified atom stereocenters. The van der Waals surface area contributed by atoms with Gasteiger partial charge in [-0.2, -0.15) is 0 Å². The van der Waals surface area contributed by atoms with Gasteiger partial charge in [0.15, 0.2) is 11.5 Å². The number of methoxy groups -OCH3 is 1. The number of rotatable bonds is 3. The molecule has 1 saturated heterocycles. The van der Waals surface area contributed by atoms with E-state index in [9.17, 15) is 4.79 Å². The number of piperidine rings is 1. The average molecular weight is 328 g/mol. The Bertz CT molecular complexity index is 762. The predicted octanol–water partition coefficient (Wildman–Crippen LogP) is 3.05. The molecule has 0 bridgehead atoms. The number of carbonyl (C=O) groups excluding carboxylic acids is 1. The third-order valence-corrected chi connectivity index (χ3v) is 4.56. The van der Waals surface area contributed by atoms with Gasteiger partial charge < -0.3 is 24.1 Å². The van der Waals surface area contributed by atoms with Gasteiger partial charge in [0.05, 0.1) is 7.11 Å². The molecule has 0 saturated carbocycles. The van der Waals surface area contributed by atoms with E-state index in [1.165, 1.54) is 6.42 Å². The van der Waals surface area contributed by atoms with Crippen LogP contribution in [0.25, 0.3) is 11.1 Å². The number of carbonyl (C=O) groups is 1. The largest absolute Gasteiger partial charge is 0.496 e. The number of aromatic amines is 1. The van der Waals surface area contributed by atoms with E-state index in [1.807, 2.05) is 29.3 Å². The molecule has 1 fully saturated rings. The topological polar surface area (TPSA) is 63.8 Å². The fourth-order valence-electron chi connectivity index (χ4n) is 3.26. The van der Waals surface area contributed by atoms with Gasteiger partial charge in [-0.15, -0.1) is 0 Å². The lowest BCUT2D eigenvalue weighted by Crippen LogP contribution is -2.35. The molecule has 6 nitrogen and oxygen atoms in total. The van der Waals surface area contributed by atoms with Gasteiger partial charge in [0, 0.05) is 36.5 Å². The number of nitrogens with zero attached hydrogens (tertiary/aromatic N) is 1. The van der Waals surface area contributed by atoms with Crippen LogP contribution in [0.5, 0.6) is 17.2 Å². The summed E-state index contributed by atoms with van der Waals surface area (Å²) >= 11 is 0. The fraction of sp³-hybridized carbons (Fsp3) is 0.389. The lowest BCUT2D eigenvalue weighted by Gasteiger charge is -2.26.